The van der Waals surface area contributed by atoms with Gasteiger partial charge in [-0.05, 0) is 49.9 Å². The highest BCUT2D eigenvalue weighted by atomic mass is 16.1. The second-order valence-electron chi connectivity index (χ2n) is 5.91. The number of benzene rings is 1. The number of imidazole rings is 1. The molecule has 3 rings (SSSR count). The maximum Gasteiger partial charge on any atom is 0.323 e. The molecule has 0 aliphatic carbocycles. The first-order valence-electron chi connectivity index (χ1n) is 7.92. The average molecular weight is 302 g/mol. The van der Waals surface area contributed by atoms with E-state index in [1.165, 1.54) is 6.42 Å². The summed E-state index contributed by atoms with van der Waals surface area (Å²) in [4.78, 5) is 28.5. The van der Waals surface area contributed by atoms with Crippen molar-refractivity contribution < 1.29 is 4.79 Å². The fourth-order valence-corrected chi connectivity index (χ4v) is 2.94. The number of fused-ring (bicyclic) bond motifs is 1. The SMILES string of the molecule is O=C(CCCc1ccc2[nH]c(=O)[nH]c2c1)NCC1CCCN1. The van der Waals surface area contributed by atoms with E-state index in [0.717, 1.165) is 48.9 Å². The maximum atomic E-state index is 11.8. The zero-order valence-corrected chi connectivity index (χ0v) is 12.6. The number of aromatic nitrogens is 2. The molecule has 0 saturated carbocycles. The van der Waals surface area contributed by atoms with Crippen molar-refractivity contribution in [2.75, 3.05) is 13.1 Å². The Bertz CT molecular complexity index is 697. The van der Waals surface area contributed by atoms with Crippen LogP contribution in [0, 0.1) is 0 Å². The number of carbonyl (C=O) groups excluding carboxylic acids is 1. The van der Waals surface area contributed by atoms with Crippen molar-refractivity contribution in [1.82, 2.24) is 20.6 Å². The molecule has 1 aromatic heterocycles. The van der Waals surface area contributed by atoms with Crippen LogP contribution in [-0.2, 0) is 11.2 Å². The highest BCUT2D eigenvalue weighted by Crippen LogP contribution is 2.12. The predicted molar refractivity (Wildman–Crippen MR) is 85.9 cm³/mol. The summed E-state index contributed by atoms with van der Waals surface area (Å²) in [6.45, 7) is 1.79. The van der Waals surface area contributed by atoms with E-state index in [1.807, 2.05) is 18.2 Å². The van der Waals surface area contributed by atoms with Gasteiger partial charge in [-0.15, -0.1) is 0 Å². The number of hydrogen-bond acceptors (Lipinski definition) is 3. The van der Waals surface area contributed by atoms with Crippen molar-refractivity contribution in [3.63, 3.8) is 0 Å². The van der Waals surface area contributed by atoms with Crippen LogP contribution < -0.4 is 16.3 Å². The monoisotopic (exact) mass is 302 g/mol. The van der Waals surface area contributed by atoms with Gasteiger partial charge in [-0.3, -0.25) is 4.79 Å². The zero-order valence-electron chi connectivity index (χ0n) is 12.6. The van der Waals surface area contributed by atoms with Gasteiger partial charge in [-0.1, -0.05) is 6.07 Å². The topological polar surface area (TPSA) is 89.8 Å². The molecule has 1 atom stereocenters. The molecule has 118 valence electrons. The molecule has 1 aromatic carbocycles. The lowest BCUT2D eigenvalue weighted by Crippen LogP contribution is -2.37. The molecular weight excluding hydrogens is 280 g/mol. The summed E-state index contributed by atoms with van der Waals surface area (Å²) in [5.74, 6) is 0.116. The van der Waals surface area contributed by atoms with E-state index in [2.05, 4.69) is 20.6 Å². The standard InChI is InChI=1S/C16H22N4O2/c21-15(18-10-12-4-2-8-17-12)5-1-3-11-6-7-13-14(9-11)20-16(22)19-13/h6-7,9,12,17H,1-5,8,10H2,(H,18,21)(H2,19,20,22). The van der Waals surface area contributed by atoms with Gasteiger partial charge in [0, 0.05) is 19.0 Å². The van der Waals surface area contributed by atoms with Gasteiger partial charge in [0.15, 0.2) is 0 Å². The molecular formula is C16H22N4O2. The highest BCUT2D eigenvalue weighted by Gasteiger charge is 2.14. The number of aromatic amines is 2. The Morgan fingerprint density at radius 1 is 1.27 bits per heavy atom. The molecule has 2 heterocycles. The molecule has 0 spiro atoms. The molecule has 1 amide bonds. The van der Waals surface area contributed by atoms with E-state index in [4.69, 9.17) is 0 Å². The van der Waals surface area contributed by atoms with Gasteiger partial charge in [-0.2, -0.15) is 0 Å². The van der Waals surface area contributed by atoms with Gasteiger partial charge in [0.1, 0.15) is 0 Å². The molecule has 6 heteroatoms. The number of nitrogens with one attached hydrogen (secondary N) is 4. The van der Waals surface area contributed by atoms with Crippen molar-refractivity contribution >= 4 is 16.9 Å². The normalized spacial score (nSPS) is 17.9. The van der Waals surface area contributed by atoms with Crippen LogP contribution in [-0.4, -0.2) is 35.0 Å². The van der Waals surface area contributed by atoms with Crippen molar-refractivity contribution in [3.8, 4) is 0 Å². The van der Waals surface area contributed by atoms with Gasteiger partial charge < -0.3 is 20.6 Å². The fourth-order valence-electron chi connectivity index (χ4n) is 2.94. The summed E-state index contributed by atoms with van der Waals surface area (Å²) in [6.07, 6.45) is 4.52. The molecule has 4 N–H and O–H groups in total. The summed E-state index contributed by atoms with van der Waals surface area (Å²) in [7, 11) is 0. The van der Waals surface area contributed by atoms with Crippen molar-refractivity contribution in [3.05, 3.63) is 34.2 Å². The molecule has 1 saturated heterocycles. The Morgan fingerprint density at radius 3 is 2.95 bits per heavy atom. The molecule has 1 unspecified atom stereocenters. The van der Waals surface area contributed by atoms with Crippen LogP contribution in [0.15, 0.2) is 23.0 Å². The fraction of sp³-hybridized carbons (Fsp3) is 0.500. The maximum absolute atomic E-state index is 11.8. The van der Waals surface area contributed by atoms with E-state index in [9.17, 15) is 9.59 Å². The Labute approximate surface area is 128 Å². The van der Waals surface area contributed by atoms with Gasteiger partial charge >= 0.3 is 5.69 Å². The number of carbonyl (C=O) groups is 1. The third kappa shape index (κ3) is 3.76. The van der Waals surface area contributed by atoms with Gasteiger partial charge in [0.05, 0.1) is 11.0 Å². The molecule has 22 heavy (non-hydrogen) atoms. The molecule has 6 nitrogen and oxygen atoms in total. The third-order valence-electron chi connectivity index (χ3n) is 4.16. The summed E-state index contributed by atoms with van der Waals surface area (Å²) >= 11 is 0. The lowest BCUT2D eigenvalue weighted by atomic mass is 10.1. The van der Waals surface area contributed by atoms with Crippen molar-refractivity contribution in [2.24, 2.45) is 0 Å². The predicted octanol–water partition coefficient (Wildman–Crippen LogP) is 1.05. The molecule has 1 aliphatic rings. The Morgan fingerprint density at radius 2 is 2.14 bits per heavy atom. The minimum atomic E-state index is -0.188. The first-order valence-corrected chi connectivity index (χ1v) is 7.92. The van der Waals surface area contributed by atoms with Crippen LogP contribution in [0.5, 0.6) is 0 Å². The van der Waals surface area contributed by atoms with Crippen LogP contribution in [0.3, 0.4) is 0 Å². The second-order valence-corrected chi connectivity index (χ2v) is 5.91. The van der Waals surface area contributed by atoms with E-state index >= 15 is 0 Å². The number of aryl methyl sites for hydroxylation is 1. The summed E-state index contributed by atoms with van der Waals surface area (Å²) in [5, 5.41) is 6.36. The zero-order chi connectivity index (χ0) is 15.4. The Hall–Kier alpha value is -2.08. The first-order chi connectivity index (χ1) is 10.7. The van der Waals surface area contributed by atoms with Crippen LogP contribution >= 0.6 is 0 Å². The second kappa shape index (κ2) is 6.79. The molecule has 0 radical (unpaired) electrons. The molecule has 1 fully saturated rings. The highest BCUT2D eigenvalue weighted by molar-refractivity contribution is 5.76. The first kappa shape index (κ1) is 14.8. The third-order valence-corrected chi connectivity index (χ3v) is 4.16. The van der Waals surface area contributed by atoms with Crippen LogP contribution in [0.1, 0.15) is 31.2 Å². The number of rotatable bonds is 6. The minimum absolute atomic E-state index is 0.116. The lowest BCUT2D eigenvalue weighted by Gasteiger charge is -2.11. The quantitative estimate of drug-likeness (QED) is 0.643. The Kier molecular flexibility index (Phi) is 4.58. The summed E-state index contributed by atoms with van der Waals surface area (Å²) in [6, 6.07) is 6.30. The van der Waals surface area contributed by atoms with Crippen LogP contribution in [0.25, 0.3) is 11.0 Å². The average Bonchev–Trinajstić information content (AvgIpc) is 3.12. The van der Waals surface area contributed by atoms with Gasteiger partial charge in [0.2, 0.25) is 5.91 Å². The minimum Gasteiger partial charge on any atom is -0.355 e. The van der Waals surface area contributed by atoms with Gasteiger partial charge in [0.25, 0.3) is 0 Å². The summed E-state index contributed by atoms with van der Waals surface area (Å²) in [5.41, 5.74) is 2.58. The smallest absolute Gasteiger partial charge is 0.323 e. The summed E-state index contributed by atoms with van der Waals surface area (Å²) < 4.78 is 0. The lowest BCUT2D eigenvalue weighted by molar-refractivity contribution is -0.121. The molecule has 2 aromatic rings. The van der Waals surface area contributed by atoms with Crippen LogP contribution in [0.2, 0.25) is 0 Å². The molecule has 1 aliphatic heterocycles. The number of H-pyrrole nitrogens is 2. The van der Waals surface area contributed by atoms with Crippen molar-refractivity contribution in [1.29, 1.82) is 0 Å². The largest absolute Gasteiger partial charge is 0.355 e. The number of hydrogen-bond donors (Lipinski definition) is 4. The van der Waals surface area contributed by atoms with Gasteiger partial charge in [-0.25, -0.2) is 4.79 Å². The van der Waals surface area contributed by atoms with E-state index in [0.29, 0.717) is 12.5 Å². The Balaban J connectivity index is 1.43. The van der Waals surface area contributed by atoms with E-state index in [1.54, 1.807) is 0 Å². The van der Waals surface area contributed by atoms with E-state index in [-0.39, 0.29) is 11.6 Å². The van der Waals surface area contributed by atoms with E-state index < -0.39 is 0 Å². The number of amides is 1. The van der Waals surface area contributed by atoms with Crippen LogP contribution in [0.4, 0.5) is 0 Å². The molecule has 0 bridgehead atoms. The van der Waals surface area contributed by atoms with Crippen molar-refractivity contribution in [2.45, 2.75) is 38.1 Å².